The summed E-state index contributed by atoms with van der Waals surface area (Å²) in [6, 6.07) is 15.2. The summed E-state index contributed by atoms with van der Waals surface area (Å²) in [6.07, 6.45) is 0. The first-order chi connectivity index (χ1) is 14.5. The van der Waals surface area contributed by atoms with Crippen molar-refractivity contribution in [3.8, 4) is 0 Å². The van der Waals surface area contributed by atoms with Gasteiger partial charge in [0.1, 0.15) is 0 Å². The van der Waals surface area contributed by atoms with Crippen LogP contribution in [0.15, 0.2) is 59.5 Å². The molecule has 0 saturated heterocycles. The van der Waals surface area contributed by atoms with Crippen LogP contribution in [-0.4, -0.2) is 13.5 Å². The first-order valence-corrected chi connectivity index (χ1v) is 11.9. The highest BCUT2D eigenvalue weighted by atomic mass is 35.5. The quantitative estimate of drug-likeness (QED) is 0.352. The lowest BCUT2D eigenvalue weighted by molar-refractivity contribution is 0.601. The van der Waals surface area contributed by atoms with Crippen molar-refractivity contribution in [3.63, 3.8) is 0 Å². The molecule has 9 heteroatoms. The molecular formula is C22H21Cl2N3O2S2. The fraction of sp³-hybridized carbons (Fsp3) is 0.136. The lowest BCUT2D eigenvalue weighted by Gasteiger charge is -2.15. The average molecular weight is 494 g/mol. The van der Waals surface area contributed by atoms with Gasteiger partial charge in [-0.25, -0.2) is 8.42 Å². The number of nitrogens with one attached hydrogen (secondary N) is 3. The van der Waals surface area contributed by atoms with Gasteiger partial charge in [0.15, 0.2) is 5.11 Å². The number of benzene rings is 3. The van der Waals surface area contributed by atoms with E-state index in [0.29, 0.717) is 32.2 Å². The van der Waals surface area contributed by atoms with Gasteiger partial charge >= 0.3 is 0 Å². The van der Waals surface area contributed by atoms with Crippen LogP contribution < -0.4 is 15.4 Å². The van der Waals surface area contributed by atoms with Crippen molar-refractivity contribution in [2.24, 2.45) is 0 Å². The molecule has 0 aliphatic heterocycles. The summed E-state index contributed by atoms with van der Waals surface area (Å²) >= 11 is 17.3. The minimum atomic E-state index is -3.73. The molecule has 0 aliphatic rings. The Labute approximate surface area is 197 Å². The molecule has 162 valence electrons. The number of sulfonamides is 1. The van der Waals surface area contributed by atoms with Crippen molar-refractivity contribution in [1.82, 2.24) is 0 Å². The molecule has 5 nitrogen and oxygen atoms in total. The van der Waals surface area contributed by atoms with E-state index in [1.165, 1.54) is 12.1 Å². The molecular weight excluding hydrogens is 473 g/mol. The monoisotopic (exact) mass is 493 g/mol. The van der Waals surface area contributed by atoms with Crippen LogP contribution in [0, 0.1) is 20.8 Å². The first-order valence-electron chi connectivity index (χ1n) is 9.29. The van der Waals surface area contributed by atoms with Gasteiger partial charge in [-0.2, -0.15) is 0 Å². The Bertz CT molecular complexity index is 1220. The summed E-state index contributed by atoms with van der Waals surface area (Å²) in [7, 11) is -3.73. The fourth-order valence-corrected chi connectivity index (χ4v) is 5.01. The number of hydrogen-bond donors (Lipinski definition) is 3. The molecule has 3 aromatic carbocycles. The van der Waals surface area contributed by atoms with Gasteiger partial charge in [-0.05, 0) is 86.6 Å². The average Bonchev–Trinajstić information content (AvgIpc) is 2.67. The Kier molecular flexibility index (Phi) is 7.11. The Morgan fingerprint density at radius 2 is 1.48 bits per heavy atom. The molecule has 0 heterocycles. The van der Waals surface area contributed by atoms with Crippen LogP contribution in [0.4, 0.5) is 17.1 Å². The Morgan fingerprint density at radius 1 is 0.871 bits per heavy atom. The molecule has 3 rings (SSSR count). The number of hydrogen-bond acceptors (Lipinski definition) is 3. The van der Waals surface area contributed by atoms with Gasteiger partial charge in [-0.3, -0.25) is 4.72 Å². The van der Waals surface area contributed by atoms with E-state index in [0.717, 1.165) is 16.7 Å². The van der Waals surface area contributed by atoms with E-state index in [2.05, 4.69) is 15.4 Å². The third-order valence-electron chi connectivity index (χ3n) is 4.52. The number of aryl methyl sites for hydroxylation is 3. The second-order valence-electron chi connectivity index (χ2n) is 7.11. The summed E-state index contributed by atoms with van der Waals surface area (Å²) in [5.74, 6) is 0. The molecule has 3 aromatic rings. The molecule has 0 unspecified atom stereocenters. The molecule has 0 radical (unpaired) electrons. The van der Waals surface area contributed by atoms with Gasteiger partial charge < -0.3 is 10.6 Å². The Hall–Kier alpha value is -2.32. The minimum Gasteiger partial charge on any atom is -0.332 e. The first kappa shape index (κ1) is 23.3. The summed E-state index contributed by atoms with van der Waals surface area (Å²) in [5, 5.41) is 7.25. The highest BCUT2D eigenvalue weighted by Gasteiger charge is 2.17. The normalized spacial score (nSPS) is 11.1. The molecule has 0 bridgehead atoms. The van der Waals surface area contributed by atoms with Gasteiger partial charge in [0.05, 0.1) is 21.3 Å². The van der Waals surface area contributed by atoms with Crippen LogP contribution >= 0.6 is 35.4 Å². The largest absolute Gasteiger partial charge is 0.332 e. The SMILES string of the molecule is Cc1cc(C)c(NS(=O)(=O)c2ccc(NC(=S)Nc3ccc(Cl)cc3Cl)cc2)c(C)c1. The maximum absolute atomic E-state index is 12.8. The van der Waals surface area contributed by atoms with E-state index in [1.807, 2.05) is 32.9 Å². The van der Waals surface area contributed by atoms with Crippen molar-refractivity contribution in [3.05, 3.63) is 81.3 Å². The van der Waals surface area contributed by atoms with Crippen molar-refractivity contribution >= 4 is 67.6 Å². The van der Waals surface area contributed by atoms with Gasteiger partial charge in [-0.15, -0.1) is 0 Å². The van der Waals surface area contributed by atoms with Crippen LogP contribution in [0.5, 0.6) is 0 Å². The van der Waals surface area contributed by atoms with Gasteiger partial charge in [0.25, 0.3) is 10.0 Å². The summed E-state index contributed by atoms with van der Waals surface area (Å²) in [5.41, 5.74) is 4.66. The van der Waals surface area contributed by atoms with Crippen LogP contribution in [0.2, 0.25) is 10.0 Å². The summed E-state index contributed by atoms with van der Waals surface area (Å²) in [6.45, 7) is 5.74. The van der Waals surface area contributed by atoms with E-state index in [4.69, 9.17) is 35.4 Å². The molecule has 0 aromatic heterocycles. The number of rotatable bonds is 5. The van der Waals surface area contributed by atoms with E-state index >= 15 is 0 Å². The maximum atomic E-state index is 12.8. The molecule has 0 amide bonds. The van der Waals surface area contributed by atoms with Crippen LogP contribution in [0.1, 0.15) is 16.7 Å². The molecule has 0 aliphatic carbocycles. The number of thiocarbonyl (C=S) groups is 1. The molecule has 0 fully saturated rings. The second kappa shape index (κ2) is 9.44. The lowest BCUT2D eigenvalue weighted by Crippen LogP contribution is -2.19. The van der Waals surface area contributed by atoms with Gasteiger partial charge in [0, 0.05) is 10.7 Å². The van der Waals surface area contributed by atoms with Gasteiger partial charge in [0.2, 0.25) is 0 Å². The van der Waals surface area contributed by atoms with Gasteiger partial charge in [-0.1, -0.05) is 40.9 Å². The molecule has 3 N–H and O–H groups in total. The van der Waals surface area contributed by atoms with E-state index < -0.39 is 10.0 Å². The predicted octanol–water partition coefficient (Wildman–Crippen LogP) is 6.53. The van der Waals surface area contributed by atoms with E-state index in [1.54, 1.807) is 30.3 Å². The summed E-state index contributed by atoms with van der Waals surface area (Å²) in [4.78, 5) is 0.150. The van der Waals surface area contributed by atoms with Crippen molar-refractivity contribution in [2.45, 2.75) is 25.7 Å². The van der Waals surface area contributed by atoms with Crippen molar-refractivity contribution in [2.75, 3.05) is 15.4 Å². The second-order valence-corrected chi connectivity index (χ2v) is 10.0. The zero-order chi connectivity index (χ0) is 22.8. The Morgan fingerprint density at radius 3 is 2.06 bits per heavy atom. The highest BCUT2D eigenvalue weighted by molar-refractivity contribution is 7.92. The smallest absolute Gasteiger partial charge is 0.261 e. The molecule has 0 atom stereocenters. The van der Waals surface area contributed by atoms with Crippen LogP contribution in [0.3, 0.4) is 0 Å². The predicted molar refractivity (Wildman–Crippen MR) is 134 cm³/mol. The maximum Gasteiger partial charge on any atom is 0.261 e. The Balaban J connectivity index is 1.71. The number of anilines is 3. The third kappa shape index (κ3) is 5.89. The molecule has 0 saturated carbocycles. The molecule has 0 spiro atoms. The zero-order valence-electron chi connectivity index (χ0n) is 17.1. The standard InChI is InChI=1S/C22H21Cl2N3O2S2/c1-13-10-14(2)21(15(3)11-13)27-31(28,29)18-7-5-17(6-8-18)25-22(30)26-20-9-4-16(23)12-19(20)24/h4-12,27H,1-3H3,(H2,25,26,30). The molecule has 31 heavy (non-hydrogen) atoms. The third-order valence-corrected chi connectivity index (χ3v) is 6.63. The van der Waals surface area contributed by atoms with Crippen LogP contribution in [-0.2, 0) is 10.0 Å². The highest BCUT2D eigenvalue weighted by Crippen LogP contribution is 2.27. The van der Waals surface area contributed by atoms with Crippen molar-refractivity contribution < 1.29 is 8.42 Å². The van der Waals surface area contributed by atoms with Crippen LogP contribution in [0.25, 0.3) is 0 Å². The summed E-state index contributed by atoms with van der Waals surface area (Å²) < 4.78 is 28.4. The number of halogens is 2. The minimum absolute atomic E-state index is 0.150. The van der Waals surface area contributed by atoms with Crippen molar-refractivity contribution in [1.29, 1.82) is 0 Å². The van der Waals surface area contributed by atoms with E-state index in [-0.39, 0.29) is 4.90 Å². The van der Waals surface area contributed by atoms with E-state index in [9.17, 15) is 8.42 Å². The zero-order valence-corrected chi connectivity index (χ0v) is 20.2. The fourth-order valence-electron chi connectivity index (χ4n) is 3.13. The lowest BCUT2D eigenvalue weighted by atomic mass is 10.1. The topological polar surface area (TPSA) is 70.2 Å².